The molecular formula is C27H53NO4. The Morgan fingerprint density at radius 1 is 0.719 bits per heavy atom. The summed E-state index contributed by atoms with van der Waals surface area (Å²) in [5, 5.41) is 9.28. The molecule has 0 aliphatic heterocycles. The van der Waals surface area contributed by atoms with E-state index >= 15 is 0 Å². The molecule has 0 bridgehead atoms. The van der Waals surface area contributed by atoms with E-state index in [9.17, 15) is 14.7 Å². The molecule has 0 saturated heterocycles. The number of hydrogen-bond acceptors (Lipinski definition) is 5. The molecule has 0 unspecified atom stereocenters. The average molecular weight is 456 g/mol. The van der Waals surface area contributed by atoms with Crippen LogP contribution in [0.4, 0.5) is 0 Å². The fourth-order valence-electron chi connectivity index (χ4n) is 4.02. The van der Waals surface area contributed by atoms with E-state index in [2.05, 4.69) is 11.8 Å². The monoisotopic (exact) mass is 455 g/mol. The lowest BCUT2D eigenvalue weighted by molar-refractivity contribution is -0.143. The summed E-state index contributed by atoms with van der Waals surface area (Å²) < 4.78 is 5.36. The van der Waals surface area contributed by atoms with Crippen LogP contribution in [0.5, 0.6) is 0 Å². The summed E-state index contributed by atoms with van der Waals surface area (Å²) >= 11 is 0. The first-order valence-corrected chi connectivity index (χ1v) is 13.7. The molecule has 190 valence electrons. The van der Waals surface area contributed by atoms with Crippen LogP contribution in [0.25, 0.3) is 0 Å². The molecule has 0 rings (SSSR count). The summed E-state index contributed by atoms with van der Waals surface area (Å²) in [6.07, 6.45) is 22.2. The zero-order chi connectivity index (χ0) is 23.5. The summed E-state index contributed by atoms with van der Waals surface area (Å²) in [5.41, 5.74) is 0. The summed E-state index contributed by atoms with van der Waals surface area (Å²) in [5.74, 6) is -0.0260. The third-order valence-electron chi connectivity index (χ3n) is 6.08. The van der Waals surface area contributed by atoms with Crippen LogP contribution in [0.3, 0.4) is 0 Å². The smallest absolute Gasteiger partial charge is 0.305 e. The van der Waals surface area contributed by atoms with Gasteiger partial charge in [0.15, 0.2) is 0 Å². The molecule has 1 N–H and O–H groups in total. The van der Waals surface area contributed by atoms with Crippen LogP contribution < -0.4 is 0 Å². The van der Waals surface area contributed by atoms with E-state index in [0.29, 0.717) is 19.4 Å². The van der Waals surface area contributed by atoms with Crippen molar-refractivity contribution in [2.24, 2.45) is 0 Å². The van der Waals surface area contributed by atoms with Gasteiger partial charge in [-0.3, -0.25) is 4.79 Å². The Hall–Kier alpha value is -0.940. The van der Waals surface area contributed by atoms with Crippen LogP contribution in [-0.4, -0.2) is 55.1 Å². The number of rotatable bonds is 26. The fourth-order valence-corrected chi connectivity index (χ4v) is 4.02. The molecule has 0 fully saturated rings. The minimum atomic E-state index is -0.0260. The topological polar surface area (TPSA) is 66.8 Å². The number of aliphatic hydroxyl groups excluding tert-OH is 1. The van der Waals surface area contributed by atoms with Crippen molar-refractivity contribution < 1.29 is 19.4 Å². The van der Waals surface area contributed by atoms with Gasteiger partial charge < -0.3 is 19.5 Å². The maximum Gasteiger partial charge on any atom is 0.305 e. The second-order valence-electron chi connectivity index (χ2n) is 9.15. The standard InChI is InChI=1S/C27H53NO4/c1-2-3-4-5-6-10-15-20-27(31)32-26-19-14-9-12-17-22-28(23-25-30)21-16-11-7-8-13-18-24-29/h24,30H,2-23,25-26H2,1H3. The van der Waals surface area contributed by atoms with Gasteiger partial charge in [-0.1, -0.05) is 84.0 Å². The molecule has 0 aromatic carbocycles. The second-order valence-corrected chi connectivity index (χ2v) is 9.15. The van der Waals surface area contributed by atoms with Crippen molar-refractivity contribution in [1.29, 1.82) is 0 Å². The number of nitrogens with zero attached hydrogens (tertiary/aromatic N) is 1. The van der Waals surface area contributed by atoms with Crippen LogP contribution in [0.15, 0.2) is 0 Å². The average Bonchev–Trinajstić information content (AvgIpc) is 2.79. The van der Waals surface area contributed by atoms with E-state index in [4.69, 9.17) is 4.74 Å². The molecule has 0 spiro atoms. The Morgan fingerprint density at radius 3 is 1.84 bits per heavy atom. The molecule has 0 amide bonds. The number of hydrogen-bond donors (Lipinski definition) is 1. The van der Waals surface area contributed by atoms with Gasteiger partial charge in [0, 0.05) is 19.4 Å². The first-order chi connectivity index (χ1) is 15.7. The maximum absolute atomic E-state index is 11.8. The number of esters is 1. The van der Waals surface area contributed by atoms with Crippen molar-refractivity contribution in [1.82, 2.24) is 4.90 Å². The second kappa shape index (κ2) is 26.3. The number of ether oxygens (including phenoxy) is 1. The third kappa shape index (κ3) is 23.7. The van der Waals surface area contributed by atoms with Gasteiger partial charge in [-0.25, -0.2) is 0 Å². The summed E-state index contributed by atoms with van der Waals surface area (Å²) in [7, 11) is 0. The van der Waals surface area contributed by atoms with E-state index < -0.39 is 0 Å². The lowest BCUT2D eigenvalue weighted by Crippen LogP contribution is -2.29. The van der Waals surface area contributed by atoms with Crippen molar-refractivity contribution >= 4 is 12.3 Å². The quantitative estimate of drug-likeness (QED) is 0.0921. The van der Waals surface area contributed by atoms with Crippen LogP contribution >= 0.6 is 0 Å². The highest BCUT2D eigenvalue weighted by Crippen LogP contribution is 2.10. The highest BCUT2D eigenvalue weighted by molar-refractivity contribution is 5.69. The largest absolute Gasteiger partial charge is 0.466 e. The van der Waals surface area contributed by atoms with Gasteiger partial charge in [-0.05, 0) is 45.2 Å². The van der Waals surface area contributed by atoms with Gasteiger partial charge in [0.2, 0.25) is 0 Å². The number of carbonyl (C=O) groups excluding carboxylic acids is 2. The molecule has 5 nitrogen and oxygen atoms in total. The number of aliphatic hydroxyl groups is 1. The Balaban J connectivity index is 3.47. The van der Waals surface area contributed by atoms with E-state index in [1.807, 2.05) is 0 Å². The lowest BCUT2D eigenvalue weighted by Gasteiger charge is -2.21. The van der Waals surface area contributed by atoms with Crippen molar-refractivity contribution in [3.05, 3.63) is 0 Å². The Morgan fingerprint density at radius 2 is 1.25 bits per heavy atom. The molecule has 0 saturated carbocycles. The van der Waals surface area contributed by atoms with Crippen LogP contribution in [0.1, 0.15) is 129 Å². The molecule has 5 heteroatoms. The molecule has 0 aromatic rings. The molecule has 0 aliphatic rings. The van der Waals surface area contributed by atoms with Gasteiger partial charge in [-0.2, -0.15) is 0 Å². The van der Waals surface area contributed by atoms with Crippen LogP contribution in [0.2, 0.25) is 0 Å². The fraction of sp³-hybridized carbons (Fsp3) is 0.926. The predicted molar refractivity (Wildman–Crippen MR) is 134 cm³/mol. The highest BCUT2D eigenvalue weighted by Gasteiger charge is 2.05. The van der Waals surface area contributed by atoms with Crippen LogP contribution in [-0.2, 0) is 14.3 Å². The van der Waals surface area contributed by atoms with Gasteiger partial charge in [-0.15, -0.1) is 0 Å². The van der Waals surface area contributed by atoms with Crippen molar-refractivity contribution in [3.8, 4) is 0 Å². The van der Waals surface area contributed by atoms with E-state index in [1.54, 1.807) is 0 Å². The van der Waals surface area contributed by atoms with Crippen LogP contribution in [0, 0.1) is 0 Å². The molecule has 0 heterocycles. The Labute approximate surface area is 198 Å². The zero-order valence-electron chi connectivity index (χ0n) is 21.2. The molecular weight excluding hydrogens is 402 g/mol. The van der Waals surface area contributed by atoms with Crippen molar-refractivity contribution in [2.75, 3.05) is 32.8 Å². The number of unbranched alkanes of at least 4 members (excludes halogenated alkanes) is 15. The Kier molecular flexibility index (Phi) is 25.5. The Bertz CT molecular complexity index is 403. The summed E-state index contributed by atoms with van der Waals surface area (Å²) in [6.45, 7) is 5.90. The summed E-state index contributed by atoms with van der Waals surface area (Å²) in [4.78, 5) is 24.4. The van der Waals surface area contributed by atoms with Gasteiger partial charge in [0.25, 0.3) is 0 Å². The van der Waals surface area contributed by atoms with Gasteiger partial charge >= 0.3 is 5.97 Å². The first kappa shape index (κ1) is 31.1. The highest BCUT2D eigenvalue weighted by atomic mass is 16.5. The SMILES string of the molecule is CCCCCCCCCC(=O)OCCCCCCCN(CCO)CCCCCCCC=O. The van der Waals surface area contributed by atoms with Gasteiger partial charge in [0.05, 0.1) is 13.2 Å². The zero-order valence-corrected chi connectivity index (χ0v) is 21.2. The molecule has 0 radical (unpaired) electrons. The van der Waals surface area contributed by atoms with E-state index in [1.165, 1.54) is 64.2 Å². The molecule has 0 aliphatic carbocycles. The summed E-state index contributed by atoms with van der Waals surface area (Å²) in [6, 6.07) is 0. The lowest BCUT2D eigenvalue weighted by atomic mass is 10.1. The van der Waals surface area contributed by atoms with E-state index in [-0.39, 0.29) is 12.6 Å². The minimum absolute atomic E-state index is 0.0260. The predicted octanol–water partition coefficient (Wildman–Crippen LogP) is 6.45. The molecule has 0 atom stereocenters. The van der Waals surface area contributed by atoms with Crippen molar-refractivity contribution in [3.63, 3.8) is 0 Å². The molecule has 0 aromatic heterocycles. The molecule has 32 heavy (non-hydrogen) atoms. The first-order valence-electron chi connectivity index (χ1n) is 13.7. The van der Waals surface area contributed by atoms with Gasteiger partial charge in [0.1, 0.15) is 6.29 Å². The normalized spacial score (nSPS) is 11.2. The van der Waals surface area contributed by atoms with E-state index in [0.717, 1.165) is 70.9 Å². The van der Waals surface area contributed by atoms with Crippen molar-refractivity contribution in [2.45, 2.75) is 129 Å². The number of carbonyl (C=O) groups is 2. The maximum atomic E-state index is 11.8. The minimum Gasteiger partial charge on any atom is -0.466 e. The third-order valence-corrected chi connectivity index (χ3v) is 6.08. The number of aldehydes is 1.